The molecule has 2 aromatic rings. The van der Waals surface area contributed by atoms with Gasteiger partial charge in [0.15, 0.2) is 0 Å². The van der Waals surface area contributed by atoms with Crippen LogP contribution in [-0.2, 0) is 17.8 Å². The maximum absolute atomic E-state index is 10.7. The lowest BCUT2D eigenvalue weighted by Gasteiger charge is -2.23. The zero-order chi connectivity index (χ0) is 16.1. The highest BCUT2D eigenvalue weighted by Crippen LogP contribution is 2.13. The molecule has 0 saturated carbocycles. The van der Waals surface area contributed by atoms with Crippen LogP contribution >= 0.6 is 0 Å². The Bertz CT molecular complexity index is 644. The first-order chi connectivity index (χ1) is 11.2. The lowest BCUT2D eigenvalue weighted by atomic mass is 10.2. The molecule has 1 unspecified atom stereocenters. The van der Waals surface area contributed by atoms with Gasteiger partial charge in [0.1, 0.15) is 6.20 Å². The number of imidazole rings is 1. The molecule has 1 saturated heterocycles. The molecule has 3 rings (SSSR count). The topological polar surface area (TPSA) is 73.4 Å². The third-order valence-corrected chi connectivity index (χ3v) is 3.90. The van der Waals surface area contributed by atoms with Crippen LogP contribution in [0, 0.1) is 10.1 Å². The highest BCUT2D eigenvalue weighted by Gasteiger charge is 2.20. The van der Waals surface area contributed by atoms with Crippen molar-refractivity contribution in [2.75, 3.05) is 19.7 Å². The van der Waals surface area contributed by atoms with Crippen LogP contribution in [0.4, 0.5) is 5.82 Å². The summed E-state index contributed by atoms with van der Waals surface area (Å²) < 4.78 is 7.62. The van der Waals surface area contributed by atoms with Crippen molar-refractivity contribution in [3.8, 4) is 0 Å². The highest BCUT2D eigenvalue weighted by molar-refractivity contribution is 5.14. The average Bonchev–Trinajstić information content (AvgIpc) is 2.90. The number of hydrogen-bond donors (Lipinski definition) is 0. The Kier molecular flexibility index (Phi) is 4.99. The van der Waals surface area contributed by atoms with Crippen LogP contribution in [-0.4, -0.2) is 45.2 Å². The SMILES string of the molecule is O=[N+]([O-])c1cn(CC2CN(Cc3ccccc3)CCCO2)cn1. The third-order valence-electron chi connectivity index (χ3n) is 3.90. The van der Waals surface area contributed by atoms with Gasteiger partial charge in [-0.25, -0.2) is 0 Å². The Hall–Kier alpha value is -2.25. The maximum atomic E-state index is 10.7. The fourth-order valence-corrected chi connectivity index (χ4v) is 2.84. The largest absolute Gasteiger partial charge is 0.381 e. The van der Waals surface area contributed by atoms with Crippen LogP contribution in [0.5, 0.6) is 0 Å². The second kappa shape index (κ2) is 7.34. The molecule has 1 atom stereocenters. The van der Waals surface area contributed by atoms with Gasteiger partial charge in [-0.15, -0.1) is 0 Å². The van der Waals surface area contributed by atoms with Gasteiger partial charge in [-0.3, -0.25) is 4.90 Å². The molecular formula is C16H20N4O3. The summed E-state index contributed by atoms with van der Waals surface area (Å²) in [6.45, 7) is 3.99. The second-order valence-electron chi connectivity index (χ2n) is 5.75. The summed E-state index contributed by atoms with van der Waals surface area (Å²) in [5.41, 5.74) is 1.28. The Morgan fingerprint density at radius 1 is 1.35 bits per heavy atom. The van der Waals surface area contributed by atoms with E-state index in [1.54, 1.807) is 4.57 Å². The minimum atomic E-state index is -0.480. The van der Waals surface area contributed by atoms with Crippen molar-refractivity contribution in [2.24, 2.45) is 0 Å². The van der Waals surface area contributed by atoms with Gasteiger partial charge in [0.05, 0.1) is 12.6 Å². The Morgan fingerprint density at radius 3 is 2.91 bits per heavy atom. The van der Waals surface area contributed by atoms with Crippen LogP contribution in [0.25, 0.3) is 0 Å². The van der Waals surface area contributed by atoms with E-state index in [4.69, 9.17) is 4.74 Å². The smallest absolute Gasteiger partial charge is 0.375 e. The van der Waals surface area contributed by atoms with E-state index in [1.165, 1.54) is 18.1 Å². The molecule has 7 nitrogen and oxygen atoms in total. The molecule has 0 aliphatic carbocycles. The predicted octanol–water partition coefficient (Wildman–Crippen LogP) is 2.08. The number of nitrogens with zero attached hydrogens (tertiary/aromatic N) is 4. The van der Waals surface area contributed by atoms with E-state index in [1.807, 2.05) is 18.2 Å². The van der Waals surface area contributed by atoms with E-state index in [-0.39, 0.29) is 11.9 Å². The van der Waals surface area contributed by atoms with Crippen molar-refractivity contribution < 1.29 is 9.66 Å². The Morgan fingerprint density at radius 2 is 2.17 bits per heavy atom. The summed E-state index contributed by atoms with van der Waals surface area (Å²) in [4.78, 5) is 16.4. The van der Waals surface area contributed by atoms with Gasteiger partial charge in [0.25, 0.3) is 0 Å². The Balaban J connectivity index is 1.61. The highest BCUT2D eigenvalue weighted by atomic mass is 16.6. The fraction of sp³-hybridized carbons (Fsp3) is 0.438. The molecule has 23 heavy (non-hydrogen) atoms. The number of ether oxygens (including phenoxy) is 1. The maximum Gasteiger partial charge on any atom is 0.381 e. The van der Waals surface area contributed by atoms with E-state index >= 15 is 0 Å². The molecule has 1 aliphatic heterocycles. The van der Waals surface area contributed by atoms with Crippen LogP contribution in [0.3, 0.4) is 0 Å². The minimum absolute atomic E-state index is 0.00927. The summed E-state index contributed by atoms with van der Waals surface area (Å²) in [6.07, 6.45) is 3.95. The van der Waals surface area contributed by atoms with Gasteiger partial charge in [-0.1, -0.05) is 30.3 Å². The van der Waals surface area contributed by atoms with E-state index in [2.05, 4.69) is 22.0 Å². The molecule has 1 fully saturated rings. The van der Waals surface area contributed by atoms with Gasteiger partial charge < -0.3 is 19.4 Å². The van der Waals surface area contributed by atoms with Crippen molar-refractivity contribution in [1.82, 2.24) is 14.5 Å². The standard InChI is InChI=1S/C16H20N4O3/c21-20(22)16-12-19(13-17-16)11-15-10-18(7-4-8-23-15)9-14-5-2-1-3-6-14/h1-3,5-6,12-13,15H,4,7-11H2. The molecule has 0 bridgehead atoms. The van der Waals surface area contributed by atoms with Crippen molar-refractivity contribution in [2.45, 2.75) is 25.6 Å². The summed E-state index contributed by atoms with van der Waals surface area (Å²) in [5.74, 6) is -0.125. The van der Waals surface area contributed by atoms with Crippen molar-refractivity contribution in [1.29, 1.82) is 0 Å². The zero-order valence-electron chi connectivity index (χ0n) is 12.9. The molecule has 122 valence electrons. The van der Waals surface area contributed by atoms with Gasteiger partial charge in [-0.05, 0) is 21.9 Å². The molecule has 1 aromatic carbocycles. The second-order valence-corrected chi connectivity index (χ2v) is 5.75. The first-order valence-electron chi connectivity index (χ1n) is 7.75. The lowest BCUT2D eigenvalue weighted by Crippen LogP contribution is -2.33. The lowest BCUT2D eigenvalue weighted by molar-refractivity contribution is -0.389. The predicted molar refractivity (Wildman–Crippen MR) is 85.0 cm³/mol. The van der Waals surface area contributed by atoms with Crippen molar-refractivity contribution in [3.63, 3.8) is 0 Å². The average molecular weight is 316 g/mol. The monoisotopic (exact) mass is 316 g/mol. The number of aromatic nitrogens is 2. The zero-order valence-corrected chi connectivity index (χ0v) is 12.9. The van der Waals surface area contributed by atoms with Crippen molar-refractivity contribution >= 4 is 5.82 Å². The summed E-state index contributed by atoms with van der Waals surface area (Å²) in [6, 6.07) is 10.4. The molecule has 0 spiro atoms. The molecule has 1 aromatic heterocycles. The van der Waals surface area contributed by atoms with Gasteiger partial charge >= 0.3 is 5.82 Å². The molecule has 7 heteroatoms. The fourth-order valence-electron chi connectivity index (χ4n) is 2.84. The number of rotatable bonds is 5. The van der Waals surface area contributed by atoms with Crippen LogP contribution in [0.1, 0.15) is 12.0 Å². The van der Waals surface area contributed by atoms with Crippen molar-refractivity contribution in [3.05, 3.63) is 58.5 Å². The summed E-state index contributed by atoms with van der Waals surface area (Å²) in [5, 5.41) is 10.7. The van der Waals surface area contributed by atoms with E-state index < -0.39 is 4.92 Å². The minimum Gasteiger partial charge on any atom is -0.375 e. The van der Waals surface area contributed by atoms with Gasteiger partial charge in [0.2, 0.25) is 6.33 Å². The molecule has 1 aliphatic rings. The van der Waals surface area contributed by atoms with E-state index in [0.29, 0.717) is 13.2 Å². The van der Waals surface area contributed by atoms with Crippen LogP contribution < -0.4 is 0 Å². The van der Waals surface area contributed by atoms with Crippen LogP contribution in [0.2, 0.25) is 0 Å². The number of nitro groups is 1. The molecular weight excluding hydrogens is 296 g/mol. The normalized spacial score (nSPS) is 19.4. The summed E-state index contributed by atoms with van der Waals surface area (Å²) in [7, 11) is 0. The first-order valence-corrected chi connectivity index (χ1v) is 7.75. The Labute approximate surface area is 134 Å². The van der Waals surface area contributed by atoms with E-state index in [0.717, 1.165) is 26.1 Å². The number of hydrogen-bond acceptors (Lipinski definition) is 5. The quantitative estimate of drug-likeness (QED) is 0.624. The van der Waals surface area contributed by atoms with Gasteiger partial charge in [-0.2, -0.15) is 0 Å². The van der Waals surface area contributed by atoms with E-state index in [9.17, 15) is 10.1 Å². The molecule has 0 radical (unpaired) electrons. The third kappa shape index (κ3) is 4.37. The molecule has 0 amide bonds. The first kappa shape index (κ1) is 15.6. The summed E-state index contributed by atoms with van der Waals surface area (Å²) >= 11 is 0. The van der Waals surface area contributed by atoms with Gasteiger partial charge in [0, 0.05) is 26.2 Å². The molecule has 2 heterocycles. The number of benzene rings is 1. The molecule has 0 N–H and O–H groups in total. The van der Waals surface area contributed by atoms with Crippen LogP contribution in [0.15, 0.2) is 42.9 Å².